The molecule has 0 unspecified atom stereocenters. The highest BCUT2D eigenvalue weighted by molar-refractivity contribution is 5.99. The number of halogens is 2. The number of anilines is 2. The fraction of sp³-hybridized carbons (Fsp3) is 0.167. The van der Waals surface area contributed by atoms with E-state index in [1.807, 2.05) is 0 Å². The van der Waals surface area contributed by atoms with Gasteiger partial charge in [-0.3, -0.25) is 20.1 Å². The Bertz CT molecular complexity index is 672. The number of nitro benzene ring substituents is 1. The van der Waals surface area contributed by atoms with Crippen molar-refractivity contribution in [2.75, 3.05) is 10.6 Å². The third-order valence-electron chi connectivity index (χ3n) is 2.54. The summed E-state index contributed by atoms with van der Waals surface area (Å²) < 4.78 is 25.3. The predicted octanol–water partition coefficient (Wildman–Crippen LogP) is 2.70. The van der Waals surface area contributed by atoms with Gasteiger partial charge in [-0.25, -0.2) is 13.6 Å². The first-order valence-corrected chi connectivity index (χ1v) is 6.08. The third kappa shape index (κ3) is 4.23. The highest BCUT2D eigenvalue weighted by Gasteiger charge is 2.09. The van der Waals surface area contributed by atoms with Gasteiger partial charge >= 0.3 is 6.03 Å². The number of urea groups is 1. The van der Waals surface area contributed by atoms with Crippen molar-refractivity contribution in [3.05, 3.63) is 46.6 Å². The first kappa shape index (κ1) is 15.4. The van der Waals surface area contributed by atoms with Gasteiger partial charge in [0.05, 0.1) is 4.92 Å². The molecule has 2 rings (SSSR count). The molecule has 0 aliphatic rings. The highest BCUT2D eigenvalue weighted by atomic mass is 19.3. The number of amides is 2. The van der Waals surface area contributed by atoms with Crippen LogP contribution in [-0.2, 0) is 6.54 Å². The smallest absolute Gasteiger partial charge is 0.308 e. The van der Waals surface area contributed by atoms with E-state index in [9.17, 15) is 23.7 Å². The van der Waals surface area contributed by atoms with Crippen LogP contribution in [0.1, 0.15) is 0 Å². The molecule has 116 valence electrons. The molecule has 8 nitrogen and oxygen atoms in total. The average Bonchev–Trinajstić information content (AvgIpc) is 2.85. The zero-order chi connectivity index (χ0) is 16.1. The molecule has 2 amide bonds. The number of nitro groups is 1. The number of alkyl halides is 2. The lowest BCUT2D eigenvalue weighted by Gasteiger charge is -2.05. The Kier molecular flexibility index (Phi) is 4.61. The Morgan fingerprint density at radius 2 is 1.95 bits per heavy atom. The summed E-state index contributed by atoms with van der Waals surface area (Å²) in [5.41, 5.74) is 0.242. The van der Waals surface area contributed by atoms with Crippen LogP contribution in [0.5, 0.6) is 0 Å². The van der Waals surface area contributed by atoms with E-state index in [2.05, 4.69) is 15.7 Å². The van der Waals surface area contributed by atoms with Gasteiger partial charge in [0.15, 0.2) is 5.82 Å². The molecule has 0 aliphatic heterocycles. The van der Waals surface area contributed by atoms with E-state index in [1.54, 1.807) is 0 Å². The van der Waals surface area contributed by atoms with E-state index in [1.165, 1.54) is 36.5 Å². The largest absolute Gasteiger partial charge is 0.324 e. The second-order valence-corrected chi connectivity index (χ2v) is 4.20. The van der Waals surface area contributed by atoms with Crippen molar-refractivity contribution in [2.24, 2.45) is 0 Å². The van der Waals surface area contributed by atoms with Crippen LogP contribution in [0, 0.1) is 10.1 Å². The molecule has 1 heterocycles. The van der Waals surface area contributed by atoms with Gasteiger partial charge in [0.25, 0.3) is 12.1 Å². The highest BCUT2D eigenvalue weighted by Crippen LogP contribution is 2.15. The monoisotopic (exact) mass is 311 g/mol. The van der Waals surface area contributed by atoms with Gasteiger partial charge in [0, 0.05) is 30.1 Å². The fourth-order valence-corrected chi connectivity index (χ4v) is 1.62. The van der Waals surface area contributed by atoms with Crippen molar-refractivity contribution >= 4 is 23.2 Å². The van der Waals surface area contributed by atoms with E-state index in [0.29, 0.717) is 5.69 Å². The van der Waals surface area contributed by atoms with Crippen molar-refractivity contribution in [1.29, 1.82) is 0 Å². The van der Waals surface area contributed by atoms with E-state index in [-0.39, 0.29) is 11.5 Å². The summed E-state index contributed by atoms with van der Waals surface area (Å²) in [5.74, 6) is 0.111. The van der Waals surface area contributed by atoms with E-state index < -0.39 is 23.9 Å². The van der Waals surface area contributed by atoms with Gasteiger partial charge in [-0.15, -0.1) is 0 Å². The number of hydrogen-bond acceptors (Lipinski definition) is 4. The molecule has 0 atom stereocenters. The van der Waals surface area contributed by atoms with Crippen molar-refractivity contribution < 1.29 is 18.5 Å². The summed E-state index contributed by atoms with van der Waals surface area (Å²) in [6.07, 6.45) is -1.23. The Labute approximate surface area is 122 Å². The summed E-state index contributed by atoms with van der Waals surface area (Å²) in [6, 6.07) is 5.95. The number of rotatable bonds is 5. The van der Waals surface area contributed by atoms with Gasteiger partial charge in [0.2, 0.25) is 0 Å². The molecule has 0 saturated carbocycles. The summed E-state index contributed by atoms with van der Waals surface area (Å²) in [4.78, 5) is 21.6. The van der Waals surface area contributed by atoms with Crippen LogP contribution in [0.3, 0.4) is 0 Å². The summed E-state index contributed by atoms with van der Waals surface area (Å²) in [6.45, 7) is -0.564. The molecule has 0 bridgehead atoms. The molecule has 1 aromatic heterocycles. The Morgan fingerprint density at radius 1 is 1.27 bits per heavy atom. The lowest BCUT2D eigenvalue weighted by Crippen LogP contribution is -2.20. The fourth-order valence-electron chi connectivity index (χ4n) is 1.62. The van der Waals surface area contributed by atoms with E-state index in [4.69, 9.17) is 0 Å². The van der Waals surface area contributed by atoms with Crippen LogP contribution in [0.4, 0.5) is 30.8 Å². The summed E-state index contributed by atoms with van der Waals surface area (Å²) >= 11 is 0. The quantitative estimate of drug-likeness (QED) is 0.654. The van der Waals surface area contributed by atoms with Crippen LogP contribution in [0.2, 0.25) is 0 Å². The Hall–Kier alpha value is -3.04. The molecule has 0 radical (unpaired) electrons. The van der Waals surface area contributed by atoms with Crippen molar-refractivity contribution in [1.82, 2.24) is 9.78 Å². The normalized spacial score (nSPS) is 10.5. The molecule has 0 spiro atoms. The van der Waals surface area contributed by atoms with Gasteiger partial charge < -0.3 is 5.32 Å². The first-order valence-electron chi connectivity index (χ1n) is 6.08. The molecule has 2 aromatic rings. The summed E-state index contributed by atoms with van der Waals surface area (Å²) in [7, 11) is 0. The first-order chi connectivity index (χ1) is 10.4. The number of carbonyl (C=O) groups is 1. The third-order valence-corrected chi connectivity index (χ3v) is 2.54. The van der Waals surface area contributed by atoms with Crippen LogP contribution in [0.15, 0.2) is 36.5 Å². The minimum absolute atomic E-state index is 0.100. The van der Waals surface area contributed by atoms with Crippen LogP contribution >= 0.6 is 0 Å². The summed E-state index contributed by atoms with van der Waals surface area (Å²) in [5, 5.41) is 19.0. The van der Waals surface area contributed by atoms with E-state index in [0.717, 1.165) is 4.68 Å². The van der Waals surface area contributed by atoms with Crippen molar-refractivity contribution in [3.63, 3.8) is 0 Å². The minimum atomic E-state index is -2.54. The van der Waals surface area contributed by atoms with Gasteiger partial charge in [0.1, 0.15) is 6.54 Å². The van der Waals surface area contributed by atoms with Crippen LogP contribution in [0.25, 0.3) is 0 Å². The van der Waals surface area contributed by atoms with Crippen molar-refractivity contribution in [3.8, 4) is 0 Å². The van der Waals surface area contributed by atoms with Gasteiger partial charge in [-0.2, -0.15) is 5.10 Å². The van der Waals surface area contributed by atoms with Gasteiger partial charge in [-0.05, 0) is 12.1 Å². The zero-order valence-electron chi connectivity index (χ0n) is 11.1. The number of non-ortho nitro benzene ring substituents is 1. The molecule has 0 aliphatic carbocycles. The Balaban J connectivity index is 1.92. The lowest BCUT2D eigenvalue weighted by molar-refractivity contribution is -0.384. The molecular weight excluding hydrogens is 300 g/mol. The number of nitrogens with zero attached hydrogens (tertiary/aromatic N) is 3. The molecule has 1 aromatic carbocycles. The predicted molar refractivity (Wildman–Crippen MR) is 74.0 cm³/mol. The number of aromatic nitrogens is 2. The van der Waals surface area contributed by atoms with Crippen LogP contribution in [-0.4, -0.2) is 27.2 Å². The number of carbonyl (C=O) groups excluding carboxylic acids is 1. The molecule has 0 fully saturated rings. The maximum Gasteiger partial charge on any atom is 0.324 e. The maximum atomic E-state index is 12.2. The molecule has 10 heteroatoms. The number of hydrogen-bond donors (Lipinski definition) is 2. The lowest BCUT2D eigenvalue weighted by atomic mass is 10.3. The SMILES string of the molecule is O=C(Nc1ccc([N+](=O)[O-])cc1)Nc1ccn(CC(F)F)n1. The second kappa shape index (κ2) is 6.61. The van der Waals surface area contributed by atoms with Gasteiger partial charge in [-0.1, -0.05) is 0 Å². The van der Waals surface area contributed by atoms with E-state index >= 15 is 0 Å². The number of benzene rings is 1. The molecule has 2 N–H and O–H groups in total. The minimum Gasteiger partial charge on any atom is -0.308 e. The molecule has 22 heavy (non-hydrogen) atoms. The van der Waals surface area contributed by atoms with Crippen molar-refractivity contribution in [2.45, 2.75) is 13.0 Å². The number of nitrogens with one attached hydrogen (secondary N) is 2. The topological polar surface area (TPSA) is 102 Å². The zero-order valence-corrected chi connectivity index (χ0v) is 11.1. The second-order valence-electron chi connectivity index (χ2n) is 4.20. The maximum absolute atomic E-state index is 12.2. The van der Waals surface area contributed by atoms with Crippen LogP contribution < -0.4 is 10.6 Å². The molecule has 0 saturated heterocycles. The molecular formula is C12H11F2N5O3. The Morgan fingerprint density at radius 3 is 2.55 bits per heavy atom. The standard InChI is InChI=1S/C12H11F2N5O3/c13-10(14)7-18-6-5-11(17-18)16-12(20)15-8-1-3-9(4-2-8)19(21)22/h1-6,10H,7H2,(H2,15,16,17,20). The average molecular weight is 311 g/mol.